The third kappa shape index (κ3) is 8.88. The number of H-pyrrole nitrogens is 2. The van der Waals surface area contributed by atoms with Gasteiger partial charge in [-0.25, -0.2) is 4.98 Å². The third-order valence-electron chi connectivity index (χ3n) is 8.92. The fourth-order valence-electron chi connectivity index (χ4n) is 6.35. The Morgan fingerprint density at radius 1 is 0.655 bits per heavy atom. The Kier molecular flexibility index (Phi) is 11.9. The topological polar surface area (TPSA) is 126 Å². The number of ketones is 2. The first-order valence-electron chi connectivity index (χ1n) is 17.7. The van der Waals surface area contributed by atoms with Crippen molar-refractivity contribution >= 4 is 74.3 Å². The summed E-state index contributed by atoms with van der Waals surface area (Å²) in [6, 6.07) is 34.2. The van der Waals surface area contributed by atoms with Crippen LogP contribution in [0.15, 0.2) is 150 Å². The summed E-state index contributed by atoms with van der Waals surface area (Å²) in [5.74, 6) is 4.33. The van der Waals surface area contributed by atoms with E-state index < -0.39 is 22.7 Å². The molecule has 0 unspecified atom stereocenters. The molecule has 2 N–H and O–H groups in total. The minimum absolute atomic E-state index is 0.00822. The summed E-state index contributed by atoms with van der Waals surface area (Å²) < 4.78 is 0. The number of benzene rings is 4. The van der Waals surface area contributed by atoms with Crippen LogP contribution in [-0.2, 0) is 0 Å². The van der Waals surface area contributed by atoms with E-state index in [9.17, 15) is 19.2 Å². The van der Waals surface area contributed by atoms with Gasteiger partial charge in [0.15, 0.2) is 5.78 Å². The zero-order chi connectivity index (χ0) is 40.8. The van der Waals surface area contributed by atoms with Crippen LogP contribution in [-0.4, -0.2) is 31.5 Å². The number of carbonyl (C=O) groups is 2. The highest BCUT2D eigenvalue weighted by Crippen LogP contribution is 2.33. The third-order valence-corrected chi connectivity index (χ3v) is 9.60. The van der Waals surface area contributed by atoms with E-state index >= 15 is 0 Å². The molecule has 0 saturated carbocycles. The van der Waals surface area contributed by atoms with Crippen molar-refractivity contribution in [2.75, 3.05) is 0 Å². The lowest BCUT2D eigenvalue weighted by molar-refractivity contribution is 0.104. The fraction of sp³-hybridized carbons (Fsp3) is 0.0213. The molecule has 0 bridgehead atoms. The number of allylic oxidation sites excluding steroid dienone is 1. The summed E-state index contributed by atoms with van der Waals surface area (Å²) >= 11 is 18.3. The summed E-state index contributed by atoms with van der Waals surface area (Å²) in [4.78, 5) is 65.4. The molecule has 0 radical (unpaired) electrons. The van der Waals surface area contributed by atoms with Gasteiger partial charge in [0.1, 0.15) is 11.3 Å². The summed E-state index contributed by atoms with van der Waals surface area (Å²) in [7, 11) is 0. The SMILES string of the molecule is Cc1ccnc(C#CC(=O)c2c(-c3ccccc3)c3cc(Cl)ccc3[nH]c2=O)c1.O=C(/C=C/c1cncc(Cl)c1)c1c(-c2ccccc2)c2cc(Cl)ccc2[nH]c1=O. The molecule has 0 aliphatic carbocycles. The van der Waals surface area contributed by atoms with Crippen molar-refractivity contribution in [3.05, 3.63) is 204 Å². The maximum Gasteiger partial charge on any atom is 0.261 e. The molecule has 4 aromatic carbocycles. The van der Waals surface area contributed by atoms with Gasteiger partial charge in [-0.2, -0.15) is 0 Å². The molecule has 8 rings (SSSR count). The van der Waals surface area contributed by atoms with Crippen molar-refractivity contribution < 1.29 is 9.59 Å². The van der Waals surface area contributed by atoms with Gasteiger partial charge in [-0.3, -0.25) is 24.2 Å². The predicted molar refractivity (Wildman–Crippen MR) is 233 cm³/mol. The largest absolute Gasteiger partial charge is 0.321 e. The molecule has 4 heterocycles. The zero-order valence-electron chi connectivity index (χ0n) is 30.5. The minimum atomic E-state index is -0.574. The van der Waals surface area contributed by atoms with Crippen LogP contribution < -0.4 is 11.1 Å². The normalized spacial score (nSPS) is 10.8. The summed E-state index contributed by atoms with van der Waals surface area (Å²) in [5.41, 5.74) is 4.98. The van der Waals surface area contributed by atoms with Crippen LogP contribution in [0.1, 0.15) is 37.5 Å². The molecule has 0 aliphatic heterocycles. The predicted octanol–water partition coefficient (Wildman–Crippen LogP) is 10.6. The van der Waals surface area contributed by atoms with Gasteiger partial charge in [-0.1, -0.05) is 95.5 Å². The Hall–Kier alpha value is -6.89. The Balaban J connectivity index is 0.000000177. The Morgan fingerprint density at radius 3 is 1.79 bits per heavy atom. The van der Waals surface area contributed by atoms with Gasteiger partial charge in [0, 0.05) is 61.6 Å². The van der Waals surface area contributed by atoms with Crippen LogP contribution in [0.25, 0.3) is 50.1 Å². The molecule has 11 heteroatoms. The second-order valence-electron chi connectivity index (χ2n) is 13.0. The summed E-state index contributed by atoms with van der Waals surface area (Å²) in [6.07, 6.45) is 7.65. The second-order valence-corrected chi connectivity index (χ2v) is 14.3. The van der Waals surface area contributed by atoms with Crippen LogP contribution in [0.5, 0.6) is 0 Å². The quantitative estimate of drug-likeness (QED) is 0.0977. The number of pyridine rings is 4. The maximum atomic E-state index is 13.1. The highest BCUT2D eigenvalue weighted by Gasteiger charge is 2.21. The maximum absolute atomic E-state index is 13.1. The average Bonchev–Trinajstić information content (AvgIpc) is 3.22. The molecule has 4 aromatic heterocycles. The molecule has 0 fully saturated rings. The number of rotatable bonds is 6. The van der Waals surface area contributed by atoms with Crippen LogP contribution in [0.4, 0.5) is 0 Å². The second kappa shape index (κ2) is 17.5. The smallest absolute Gasteiger partial charge is 0.261 e. The molecule has 58 heavy (non-hydrogen) atoms. The first kappa shape index (κ1) is 39.3. The highest BCUT2D eigenvalue weighted by molar-refractivity contribution is 6.32. The van der Waals surface area contributed by atoms with E-state index in [0.717, 1.165) is 16.7 Å². The van der Waals surface area contributed by atoms with Crippen molar-refractivity contribution in [3.63, 3.8) is 0 Å². The van der Waals surface area contributed by atoms with E-state index in [0.29, 0.717) is 59.3 Å². The number of aromatic amines is 2. The number of halogens is 3. The van der Waals surface area contributed by atoms with Crippen LogP contribution >= 0.6 is 34.8 Å². The standard InChI is InChI=1S/C24H15ClN2O2.C23H14Cl2N2O2/c1-15-11-12-26-18(13-15)8-10-21(28)23-22(16-5-3-2-4-6-16)19-14-17(25)7-9-20(19)27-24(23)29;24-16-7-8-19-18(11-16)21(15-4-2-1-3-5-15)22(23(29)27-19)20(28)9-6-14-10-17(25)13-26-12-14/h2-7,9,11-14H,1H3,(H,27,29);1-13H,(H,27,29)/b;9-6+. The summed E-state index contributed by atoms with van der Waals surface area (Å²) in [6.45, 7) is 1.92. The van der Waals surface area contributed by atoms with Gasteiger partial charge in [-0.15, -0.1) is 0 Å². The van der Waals surface area contributed by atoms with Crippen molar-refractivity contribution in [1.82, 2.24) is 19.9 Å². The molecular weight excluding hydrogens is 791 g/mol. The molecule has 0 saturated heterocycles. The molecule has 0 atom stereocenters. The van der Waals surface area contributed by atoms with Gasteiger partial charge in [0.25, 0.3) is 11.1 Å². The van der Waals surface area contributed by atoms with Gasteiger partial charge >= 0.3 is 0 Å². The number of hydrogen-bond acceptors (Lipinski definition) is 6. The minimum Gasteiger partial charge on any atom is -0.321 e. The van der Waals surface area contributed by atoms with Crippen molar-refractivity contribution in [3.8, 4) is 34.1 Å². The van der Waals surface area contributed by atoms with Crippen LogP contribution in [0, 0.1) is 18.8 Å². The lowest BCUT2D eigenvalue weighted by Gasteiger charge is -2.11. The Bertz CT molecular complexity index is 3100. The first-order valence-corrected chi connectivity index (χ1v) is 18.8. The number of nitrogens with one attached hydrogen (secondary N) is 2. The monoisotopic (exact) mass is 818 g/mol. The van der Waals surface area contributed by atoms with Gasteiger partial charge < -0.3 is 9.97 Å². The first-order chi connectivity index (χ1) is 28.0. The van der Waals surface area contributed by atoms with Gasteiger partial charge in [0.2, 0.25) is 5.78 Å². The molecule has 8 aromatic rings. The van der Waals surface area contributed by atoms with E-state index in [4.69, 9.17) is 34.8 Å². The molecule has 0 amide bonds. The van der Waals surface area contributed by atoms with Gasteiger partial charge in [0.05, 0.1) is 10.6 Å². The number of aromatic nitrogens is 4. The lowest BCUT2D eigenvalue weighted by atomic mass is 9.94. The number of nitrogens with zero attached hydrogens (tertiary/aromatic N) is 2. The van der Waals surface area contributed by atoms with Crippen LogP contribution in [0.2, 0.25) is 15.1 Å². The van der Waals surface area contributed by atoms with E-state index in [1.165, 1.54) is 12.3 Å². The molecule has 0 spiro atoms. The van der Waals surface area contributed by atoms with Crippen molar-refractivity contribution in [2.45, 2.75) is 6.92 Å². The van der Waals surface area contributed by atoms with E-state index in [1.54, 1.807) is 67.0 Å². The highest BCUT2D eigenvalue weighted by atomic mass is 35.5. The number of aryl methyl sites for hydroxylation is 1. The molecule has 282 valence electrons. The zero-order valence-corrected chi connectivity index (χ0v) is 32.8. The average molecular weight is 820 g/mol. The lowest BCUT2D eigenvalue weighted by Crippen LogP contribution is -2.19. The van der Waals surface area contributed by atoms with Crippen LogP contribution in [0.3, 0.4) is 0 Å². The molecular formula is C47H29Cl3N4O4. The van der Waals surface area contributed by atoms with Crippen molar-refractivity contribution in [1.29, 1.82) is 0 Å². The van der Waals surface area contributed by atoms with E-state index in [1.807, 2.05) is 73.7 Å². The van der Waals surface area contributed by atoms with Gasteiger partial charge in [-0.05, 0) is 108 Å². The fourth-order valence-corrected chi connectivity index (χ4v) is 6.88. The summed E-state index contributed by atoms with van der Waals surface area (Å²) in [5, 5.41) is 2.87. The number of hydrogen-bond donors (Lipinski definition) is 2. The Morgan fingerprint density at radius 2 is 1.22 bits per heavy atom. The molecule has 0 aliphatic rings. The number of Topliss-reactive ketones (excluding diaryl/α,β-unsaturated/α-hetero) is 1. The van der Waals surface area contributed by atoms with E-state index in [-0.39, 0.29) is 11.1 Å². The molecule has 8 nitrogen and oxygen atoms in total. The number of fused-ring (bicyclic) bond motifs is 2. The Labute approximate surface area is 346 Å². The van der Waals surface area contributed by atoms with Crippen molar-refractivity contribution in [2.24, 2.45) is 0 Å². The van der Waals surface area contributed by atoms with E-state index in [2.05, 4.69) is 31.8 Å². The number of carbonyl (C=O) groups excluding carboxylic acids is 2.